The van der Waals surface area contributed by atoms with E-state index < -0.39 is 0 Å². The lowest BCUT2D eigenvalue weighted by molar-refractivity contribution is 0.707. The fourth-order valence-electron chi connectivity index (χ4n) is 0.932. The molecule has 1 N–H and O–H groups in total. The molecule has 0 bridgehead atoms. The highest BCUT2D eigenvalue weighted by atomic mass is 32.2. The fraction of sp³-hybridized carbons (Fsp3) is 0.667. The molecule has 4 heteroatoms. The van der Waals surface area contributed by atoms with Crippen molar-refractivity contribution in [2.24, 2.45) is 0 Å². The van der Waals surface area contributed by atoms with Crippen LogP contribution in [0.15, 0.2) is 9.72 Å². The largest absolute Gasteiger partial charge is 0.317 e. The van der Waals surface area contributed by atoms with Crippen molar-refractivity contribution in [3.05, 3.63) is 11.1 Å². The number of aromatic nitrogens is 1. The second-order valence-electron chi connectivity index (χ2n) is 2.81. The van der Waals surface area contributed by atoms with Gasteiger partial charge in [-0.3, -0.25) is 0 Å². The first kappa shape index (κ1) is 11.0. The van der Waals surface area contributed by atoms with Crippen molar-refractivity contribution in [2.75, 3.05) is 18.8 Å². The summed E-state index contributed by atoms with van der Waals surface area (Å²) in [7, 11) is 0. The summed E-state index contributed by atoms with van der Waals surface area (Å²) >= 11 is 3.60. The monoisotopic (exact) mass is 216 g/mol. The second-order valence-corrected chi connectivity index (χ2v) is 5.01. The van der Waals surface area contributed by atoms with Crippen LogP contribution in [0.4, 0.5) is 0 Å². The van der Waals surface area contributed by atoms with Gasteiger partial charge < -0.3 is 5.32 Å². The van der Waals surface area contributed by atoms with Crippen molar-refractivity contribution in [2.45, 2.75) is 24.6 Å². The lowest BCUT2D eigenvalue weighted by Crippen LogP contribution is -2.14. The summed E-state index contributed by atoms with van der Waals surface area (Å²) in [5.74, 6) is 1.17. The molecule has 0 amide bonds. The minimum absolute atomic E-state index is 1.07. The summed E-state index contributed by atoms with van der Waals surface area (Å²) in [5, 5.41) is 5.41. The van der Waals surface area contributed by atoms with Crippen LogP contribution in [0.25, 0.3) is 0 Å². The van der Waals surface area contributed by atoms with Crippen molar-refractivity contribution in [3.8, 4) is 0 Å². The molecule has 0 aliphatic carbocycles. The highest BCUT2D eigenvalue weighted by molar-refractivity contribution is 8.00. The summed E-state index contributed by atoms with van der Waals surface area (Å²) in [6.07, 6.45) is 1.22. The second kappa shape index (κ2) is 6.40. The molecule has 0 spiro atoms. The van der Waals surface area contributed by atoms with E-state index in [4.69, 9.17) is 0 Å². The maximum atomic E-state index is 4.39. The SMILES string of the molecule is CCNCCCSc1nc(C)cs1. The first-order chi connectivity index (χ1) is 6.33. The van der Waals surface area contributed by atoms with Crippen LogP contribution in [0.1, 0.15) is 19.0 Å². The van der Waals surface area contributed by atoms with E-state index in [9.17, 15) is 0 Å². The fourth-order valence-corrected chi connectivity index (χ4v) is 2.79. The van der Waals surface area contributed by atoms with Gasteiger partial charge >= 0.3 is 0 Å². The minimum Gasteiger partial charge on any atom is -0.317 e. The van der Waals surface area contributed by atoms with Gasteiger partial charge in [0, 0.05) is 16.8 Å². The van der Waals surface area contributed by atoms with Gasteiger partial charge in [0.05, 0.1) is 0 Å². The van der Waals surface area contributed by atoms with Crippen LogP contribution >= 0.6 is 23.1 Å². The van der Waals surface area contributed by atoms with Crippen LogP contribution < -0.4 is 5.32 Å². The third-order valence-electron chi connectivity index (χ3n) is 1.57. The van der Waals surface area contributed by atoms with E-state index in [1.165, 1.54) is 16.5 Å². The van der Waals surface area contributed by atoms with E-state index in [1.807, 2.05) is 18.7 Å². The first-order valence-electron chi connectivity index (χ1n) is 4.58. The van der Waals surface area contributed by atoms with Crippen molar-refractivity contribution < 1.29 is 0 Å². The number of nitrogens with zero attached hydrogens (tertiary/aromatic N) is 1. The maximum Gasteiger partial charge on any atom is 0.150 e. The number of aryl methyl sites for hydroxylation is 1. The first-order valence-corrected chi connectivity index (χ1v) is 6.45. The van der Waals surface area contributed by atoms with Crippen LogP contribution in [0.2, 0.25) is 0 Å². The van der Waals surface area contributed by atoms with Crippen molar-refractivity contribution >= 4 is 23.1 Å². The molecule has 1 aromatic heterocycles. The molecule has 13 heavy (non-hydrogen) atoms. The quantitative estimate of drug-likeness (QED) is 0.584. The van der Waals surface area contributed by atoms with Gasteiger partial charge in [0.25, 0.3) is 0 Å². The van der Waals surface area contributed by atoms with E-state index in [0.29, 0.717) is 0 Å². The van der Waals surface area contributed by atoms with E-state index in [-0.39, 0.29) is 0 Å². The Balaban J connectivity index is 2.06. The number of thioether (sulfide) groups is 1. The summed E-state index contributed by atoms with van der Waals surface area (Å²) in [6.45, 7) is 6.37. The summed E-state index contributed by atoms with van der Waals surface area (Å²) in [6, 6.07) is 0. The highest BCUT2D eigenvalue weighted by Gasteiger charge is 1.97. The van der Waals surface area contributed by atoms with Gasteiger partial charge in [0.15, 0.2) is 0 Å². The van der Waals surface area contributed by atoms with Gasteiger partial charge in [-0.2, -0.15) is 0 Å². The third kappa shape index (κ3) is 4.64. The van der Waals surface area contributed by atoms with Gasteiger partial charge in [-0.25, -0.2) is 4.98 Å². The Morgan fingerprint density at radius 1 is 1.62 bits per heavy atom. The van der Waals surface area contributed by atoms with E-state index >= 15 is 0 Å². The average molecular weight is 216 g/mol. The molecule has 0 saturated carbocycles. The zero-order valence-electron chi connectivity index (χ0n) is 8.17. The molecule has 0 aromatic carbocycles. The Labute approximate surface area is 88.2 Å². The Bertz CT molecular complexity index is 235. The van der Waals surface area contributed by atoms with E-state index in [0.717, 1.165) is 18.8 Å². The summed E-state index contributed by atoms with van der Waals surface area (Å²) in [4.78, 5) is 4.39. The Morgan fingerprint density at radius 3 is 3.08 bits per heavy atom. The van der Waals surface area contributed by atoms with Gasteiger partial charge in [0.1, 0.15) is 4.34 Å². The average Bonchev–Trinajstić information content (AvgIpc) is 2.51. The van der Waals surface area contributed by atoms with Crippen molar-refractivity contribution in [1.82, 2.24) is 10.3 Å². The molecule has 0 aliphatic rings. The number of hydrogen-bond donors (Lipinski definition) is 1. The topological polar surface area (TPSA) is 24.9 Å². The molecule has 1 heterocycles. The number of rotatable bonds is 6. The van der Waals surface area contributed by atoms with Crippen LogP contribution in [0.5, 0.6) is 0 Å². The molecular weight excluding hydrogens is 200 g/mol. The molecule has 0 atom stereocenters. The van der Waals surface area contributed by atoms with Crippen LogP contribution in [-0.4, -0.2) is 23.8 Å². The Morgan fingerprint density at radius 2 is 2.46 bits per heavy atom. The number of hydrogen-bond acceptors (Lipinski definition) is 4. The third-order valence-corrected chi connectivity index (χ3v) is 3.80. The van der Waals surface area contributed by atoms with Crippen LogP contribution in [0, 0.1) is 6.92 Å². The molecule has 0 radical (unpaired) electrons. The zero-order valence-corrected chi connectivity index (χ0v) is 9.80. The summed E-state index contributed by atoms with van der Waals surface area (Å²) in [5.41, 5.74) is 1.14. The molecule has 74 valence electrons. The van der Waals surface area contributed by atoms with Crippen molar-refractivity contribution in [1.29, 1.82) is 0 Å². The molecule has 0 unspecified atom stereocenters. The Kier molecular flexibility index (Phi) is 5.43. The highest BCUT2D eigenvalue weighted by Crippen LogP contribution is 2.22. The maximum absolute atomic E-state index is 4.39. The van der Waals surface area contributed by atoms with Crippen molar-refractivity contribution in [3.63, 3.8) is 0 Å². The molecule has 0 fully saturated rings. The smallest absolute Gasteiger partial charge is 0.150 e. The minimum atomic E-state index is 1.07. The van der Waals surface area contributed by atoms with Gasteiger partial charge in [-0.05, 0) is 26.4 Å². The number of thiazole rings is 1. The lowest BCUT2D eigenvalue weighted by Gasteiger charge is -1.99. The molecule has 0 aliphatic heterocycles. The standard InChI is InChI=1S/C9H16N2S2/c1-3-10-5-4-6-12-9-11-8(2)7-13-9/h7,10H,3-6H2,1-2H3. The van der Waals surface area contributed by atoms with E-state index in [2.05, 4.69) is 22.6 Å². The predicted molar refractivity (Wildman–Crippen MR) is 60.7 cm³/mol. The predicted octanol–water partition coefficient (Wildman–Crippen LogP) is 2.54. The van der Waals surface area contributed by atoms with Gasteiger partial charge in [-0.15, -0.1) is 11.3 Å². The molecular formula is C9H16N2S2. The molecule has 0 saturated heterocycles. The van der Waals surface area contributed by atoms with Crippen LogP contribution in [0.3, 0.4) is 0 Å². The zero-order chi connectivity index (χ0) is 9.52. The Hall–Kier alpha value is -0.0600. The van der Waals surface area contributed by atoms with Crippen LogP contribution in [-0.2, 0) is 0 Å². The molecule has 2 nitrogen and oxygen atoms in total. The number of nitrogens with one attached hydrogen (secondary N) is 1. The summed E-state index contributed by atoms with van der Waals surface area (Å²) < 4.78 is 1.20. The van der Waals surface area contributed by atoms with Gasteiger partial charge in [-0.1, -0.05) is 18.7 Å². The van der Waals surface area contributed by atoms with Gasteiger partial charge in [0.2, 0.25) is 0 Å². The molecule has 1 aromatic rings. The lowest BCUT2D eigenvalue weighted by atomic mass is 10.5. The molecule has 1 rings (SSSR count). The normalized spacial score (nSPS) is 10.6. The van der Waals surface area contributed by atoms with E-state index in [1.54, 1.807) is 11.3 Å².